The number of aliphatic hydroxyl groups excluding tert-OH is 1. The highest BCUT2D eigenvalue weighted by Gasteiger charge is 2.30. The van der Waals surface area contributed by atoms with Crippen LogP contribution in [-0.4, -0.2) is 96.7 Å². The van der Waals surface area contributed by atoms with Crippen LogP contribution in [0, 0.1) is 0 Å². The lowest BCUT2D eigenvalue weighted by molar-refractivity contribution is -0.161. The minimum atomic E-state index is -5.02. The Bertz CT molecular complexity index is 3040. The highest BCUT2D eigenvalue weighted by Crippen LogP contribution is 2.45. The number of phosphoric acid groups is 2. The van der Waals surface area contributed by atoms with Gasteiger partial charge in [-0.25, -0.2) is 9.13 Å². The second kappa shape index (κ2) is 82.1. The van der Waals surface area contributed by atoms with Crippen molar-refractivity contribution in [1.82, 2.24) is 0 Å². The SMILES string of the molecule is CC/C=C\C/C=C\C/C=C\C/C=C\C/C=C\CCCCCC(=O)OCC(COP(=O)(O)OCC(O)COP(=O)(O)OCC(COC(=O)CCCCC/C=C\C/C=C\C/C=C\C/C=C\C/C=C\CC)OC(=O)CCCCC/C=C\C/C=C\C/C=C\C/C=C\C/C=C\CC)OC(=O)CCCC/C=C\C/C=C\C/C=C\C/C=C\CC. The predicted octanol–water partition coefficient (Wildman–Crippen LogP) is 25.0. The van der Waals surface area contributed by atoms with Crippen molar-refractivity contribution in [2.75, 3.05) is 39.6 Å². The van der Waals surface area contributed by atoms with Crippen LogP contribution in [0.4, 0.5) is 0 Å². The van der Waals surface area contributed by atoms with E-state index in [-0.39, 0.29) is 25.7 Å². The molecule has 628 valence electrons. The van der Waals surface area contributed by atoms with E-state index < -0.39 is 97.5 Å². The number of unbranched alkanes of at least 4 members (excludes halogenated alkanes) is 11. The van der Waals surface area contributed by atoms with E-state index in [9.17, 15) is 43.2 Å². The van der Waals surface area contributed by atoms with Gasteiger partial charge < -0.3 is 33.8 Å². The van der Waals surface area contributed by atoms with Gasteiger partial charge in [-0.2, -0.15) is 0 Å². The summed E-state index contributed by atoms with van der Waals surface area (Å²) in [6.45, 7) is 4.22. The standard InChI is InChI=1S/C93H144O17P2/c1-5-9-13-17-21-25-29-33-37-40-43-46-50-53-57-61-65-69-73-77-90(95)103-83-88(109-92(97)79-75-71-67-63-59-55-49-36-32-28-24-20-16-12-8-4)85-107-111(99,100)105-81-87(94)82-106-112(101,102)108-86-89(110-93(98)80-76-72-68-64-60-56-52-48-45-42-39-35-31-27-23-19-15-11-7-3)84-104-91(96)78-74-70-66-62-58-54-51-47-44-41-38-34-30-26-22-18-14-10-6-2/h9-16,21-28,33-39,43-49,53-54,56-60,63,87-89,94H,5-8,17-20,29-32,40-42,50-52,55,61-62,64-86H2,1-4H3,(H,99,100)(H,101,102)/b13-9-,14-10-,15-11-,16-12-,25-21-,26-22-,27-23-,28-24-,37-33-,38-34-,39-35-,46-43-,47-44-,48-45-,49-36-,57-53-,58-54-,60-56-,63-59-. The minimum Gasteiger partial charge on any atom is -0.462 e. The molecule has 0 saturated carbocycles. The lowest BCUT2D eigenvalue weighted by Crippen LogP contribution is -2.30. The van der Waals surface area contributed by atoms with Gasteiger partial charge in [0.25, 0.3) is 0 Å². The number of allylic oxidation sites excluding steroid dienone is 38. The van der Waals surface area contributed by atoms with Gasteiger partial charge in [0, 0.05) is 25.7 Å². The third-order valence-electron chi connectivity index (χ3n) is 16.1. The molecule has 0 heterocycles. The normalized spacial score (nSPS) is 15.0. The quantitative estimate of drug-likeness (QED) is 0.0169. The van der Waals surface area contributed by atoms with E-state index in [1.165, 1.54) is 0 Å². The molecule has 5 unspecified atom stereocenters. The fraction of sp³-hybridized carbons (Fsp3) is 0.548. The summed E-state index contributed by atoms with van der Waals surface area (Å²) in [6, 6.07) is 0. The summed E-state index contributed by atoms with van der Waals surface area (Å²) in [5, 5.41) is 10.7. The van der Waals surface area contributed by atoms with Gasteiger partial charge in [0.15, 0.2) is 12.2 Å². The Labute approximate surface area is 676 Å². The molecule has 0 aromatic carbocycles. The predicted molar refractivity (Wildman–Crippen MR) is 463 cm³/mol. The molecule has 112 heavy (non-hydrogen) atoms. The summed E-state index contributed by atoms with van der Waals surface area (Å²) >= 11 is 0. The molecular weight excluding hydrogens is 1450 g/mol. The number of aliphatic hydroxyl groups is 1. The molecular formula is C93H144O17P2. The lowest BCUT2D eigenvalue weighted by Gasteiger charge is -2.21. The van der Waals surface area contributed by atoms with Gasteiger partial charge in [-0.15, -0.1) is 0 Å². The Morgan fingerprint density at radius 2 is 0.438 bits per heavy atom. The van der Waals surface area contributed by atoms with E-state index in [2.05, 4.69) is 259 Å². The number of rotatable bonds is 75. The van der Waals surface area contributed by atoms with E-state index in [4.69, 9.17) is 37.0 Å². The second-order valence-corrected chi connectivity index (χ2v) is 29.4. The van der Waals surface area contributed by atoms with Crippen LogP contribution >= 0.6 is 15.6 Å². The van der Waals surface area contributed by atoms with Crippen LogP contribution in [0.1, 0.15) is 272 Å². The van der Waals surface area contributed by atoms with Crippen molar-refractivity contribution in [3.8, 4) is 0 Å². The maximum absolute atomic E-state index is 13.1. The minimum absolute atomic E-state index is 0.0231. The molecule has 0 fully saturated rings. The molecule has 0 aliphatic carbocycles. The fourth-order valence-electron chi connectivity index (χ4n) is 9.94. The van der Waals surface area contributed by atoms with Gasteiger partial charge >= 0.3 is 39.5 Å². The largest absolute Gasteiger partial charge is 0.472 e. The van der Waals surface area contributed by atoms with Crippen molar-refractivity contribution >= 4 is 39.5 Å². The Hall–Kier alpha value is -6.88. The smallest absolute Gasteiger partial charge is 0.462 e. The second-order valence-electron chi connectivity index (χ2n) is 26.5. The Balaban J connectivity index is 5.55. The van der Waals surface area contributed by atoms with E-state index in [0.29, 0.717) is 32.1 Å². The molecule has 0 rings (SSSR count). The summed E-state index contributed by atoms with van der Waals surface area (Å²) in [4.78, 5) is 73.2. The van der Waals surface area contributed by atoms with Gasteiger partial charge in [0.05, 0.1) is 26.4 Å². The highest BCUT2D eigenvalue weighted by molar-refractivity contribution is 7.47. The van der Waals surface area contributed by atoms with Crippen LogP contribution in [0.2, 0.25) is 0 Å². The first kappa shape index (κ1) is 105. The highest BCUT2D eigenvalue weighted by atomic mass is 31.2. The van der Waals surface area contributed by atoms with Gasteiger partial charge in [0.1, 0.15) is 19.3 Å². The number of carbonyl (C=O) groups excluding carboxylic acids is 4. The van der Waals surface area contributed by atoms with E-state index >= 15 is 0 Å². The summed E-state index contributed by atoms with van der Waals surface area (Å²) in [5.74, 6) is -2.36. The Kier molecular flexibility index (Phi) is 77.1. The summed E-state index contributed by atoms with van der Waals surface area (Å²) in [5.41, 5.74) is 0. The third-order valence-corrected chi connectivity index (χ3v) is 18.0. The van der Waals surface area contributed by atoms with Crippen molar-refractivity contribution in [3.05, 3.63) is 231 Å². The first-order chi connectivity index (χ1) is 54.7. The molecule has 0 amide bonds. The maximum Gasteiger partial charge on any atom is 0.472 e. The third kappa shape index (κ3) is 81.1. The molecule has 0 aliphatic rings. The Morgan fingerprint density at radius 3 is 0.670 bits per heavy atom. The molecule has 19 heteroatoms. The number of esters is 4. The van der Waals surface area contributed by atoms with Crippen LogP contribution < -0.4 is 0 Å². The van der Waals surface area contributed by atoms with Crippen LogP contribution in [-0.2, 0) is 65.4 Å². The van der Waals surface area contributed by atoms with Gasteiger partial charge in [-0.05, 0) is 199 Å². The number of hydrogen-bond acceptors (Lipinski definition) is 15. The van der Waals surface area contributed by atoms with E-state index in [1.807, 2.05) is 0 Å². The Morgan fingerprint density at radius 1 is 0.250 bits per heavy atom. The number of phosphoric ester groups is 2. The first-order valence-electron chi connectivity index (χ1n) is 41.6. The molecule has 0 spiro atoms. The molecule has 0 aromatic rings. The van der Waals surface area contributed by atoms with Gasteiger partial charge in [0.2, 0.25) is 0 Å². The lowest BCUT2D eigenvalue weighted by atomic mass is 10.1. The van der Waals surface area contributed by atoms with Crippen LogP contribution in [0.15, 0.2) is 231 Å². The molecule has 0 bridgehead atoms. The monoisotopic (exact) mass is 1590 g/mol. The maximum atomic E-state index is 13.1. The van der Waals surface area contributed by atoms with Crippen molar-refractivity contribution in [2.24, 2.45) is 0 Å². The number of carbonyl (C=O) groups is 4. The molecule has 0 aliphatic heterocycles. The molecule has 0 saturated heterocycles. The van der Waals surface area contributed by atoms with Gasteiger partial charge in [-0.3, -0.25) is 37.3 Å². The van der Waals surface area contributed by atoms with E-state index in [1.54, 1.807) is 0 Å². The molecule has 0 radical (unpaired) electrons. The van der Waals surface area contributed by atoms with Crippen molar-refractivity contribution < 1.29 is 80.2 Å². The fourth-order valence-corrected chi connectivity index (χ4v) is 11.5. The zero-order valence-electron chi connectivity index (χ0n) is 68.7. The van der Waals surface area contributed by atoms with Crippen molar-refractivity contribution in [3.63, 3.8) is 0 Å². The molecule has 3 N–H and O–H groups in total. The average molecular weight is 1600 g/mol. The summed E-state index contributed by atoms with van der Waals surface area (Å²) in [7, 11) is -10.0. The van der Waals surface area contributed by atoms with Gasteiger partial charge in [-0.1, -0.05) is 278 Å². The molecule has 5 atom stereocenters. The van der Waals surface area contributed by atoms with Crippen LogP contribution in [0.25, 0.3) is 0 Å². The zero-order chi connectivity index (χ0) is 81.7. The topological polar surface area (TPSA) is 237 Å². The molecule has 17 nitrogen and oxygen atoms in total. The van der Waals surface area contributed by atoms with Crippen LogP contribution in [0.3, 0.4) is 0 Å². The summed E-state index contributed by atoms with van der Waals surface area (Å²) < 4.78 is 68.6. The van der Waals surface area contributed by atoms with Crippen molar-refractivity contribution in [1.29, 1.82) is 0 Å². The number of ether oxygens (including phenoxy) is 4. The zero-order valence-corrected chi connectivity index (χ0v) is 70.5. The summed E-state index contributed by atoms with van der Waals surface area (Å²) in [6.07, 6.45) is 106. The molecule has 0 aromatic heterocycles. The first-order valence-corrected chi connectivity index (χ1v) is 44.6. The van der Waals surface area contributed by atoms with E-state index in [0.717, 1.165) is 186 Å². The van der Waals surface area contributed by atoms with Crippen LogP contribution in [0.5, 0.6) is 0 Å². The average Bonchev–Trinajstić information content (AvgIpc) is 0.898. The number of hydrogen-bond donors (Lipinski definition) is 3. The van der Waals surface area contributed by atoms with Crippen molar-refractivity contribution in [2.45, 2.75) is 290 Å².